The van der Waals surface area contributed by atoms with Gasteiger partial charge in [-0.15, -0.1) is 0 Å². The van der Waals surface area contributed by atoms with Gasteiger partial charge in [0.15, 0.2) is 0 Å². The van der Waals surface area contributed by atoms with Gasteiger partial charge in [-0.1, -0.05) is 59.3 Å². The van der Waals surface area contributed by atoms with E-state index >= 15 is 0 Å². The van der Waals surface area contributed by atoms with Crippen LogP contribution in [0.1, 0.15) is 107 Å². The van der Waals surface area contributed by atoms with Gasteiger partial charge >= 0.3 is 11.9 Å². The van der Waals surface area contributed by atoms with Gasteiger partial charge in [0.05, 0.1) is 6.10 Å². The molecule has 208 valence electrons. The summed E-state index contributed by atoms with van der Waals surface area (Å²) in [6, 6.07) is 0. The van der Waals surface area contributed by atoms with Crippen LogP contribution in [0.4, 0.5) is 0 Å². The molecule has 9 unspecified atom stereocenters. The Balaban J connectivity index is 1.65. The van der Waals surface area contributed by atoms with E-state index in [1.807, 2.05) is 0 Å². The maximum atomic E-state index is 12.0. The minimum Gasteiger partial charge on any atom is -0.478 e. The Kier molecular flexibility index (Phi) is 7.32. The number of carboxylic acids is 1. The van der Waals surface area contributed by atoms with Crippen LogP contribution in [0.2, 0.25) is 0 Å². The molecule has 5 heteroatoms. The van der Waals surface area contributed by atoms with Gasteiger partial charge in [0, 0.05) is 18.9 Å². The lowest BCUT2D eigenvalue weighted by Gasteiger charge is -2.64. The number of hydrogen-bond acceptors (Lipinski definition) is 4. The van der Waals surface area contributed by atoms with Gasteiger partial charge in [0.25, 0.3) is 0 Å². The van der Waals surface area contributed by atoms with Crippen molar-refractivity contribution in [3.63, 3.8) is 0 Å². The molecule has 4 aliphatic rings. The average Bonchev–Trinajstić information content (AvgIpc) is 3.09. The van der Waals surface area contributed by atoms with Crippen molar-refractivity contribution in [2.45, 2.75) is 119 Å². The zero-order valence-electron chi connectivity index (χ0n) is 24.4. The summed E-state index contributed by atoms with van der Waals surface area (Å²) >= 11 is 0. The van der Waals surface area contributed by atoms with Crippen LogP contribution in [0.25, 0.3) is 0 Å². The predicted molar refractivity (Wildman–Crippen MR) is 146 cm³/mol. The minimum atomic E-state index is -0.929. The van der Waals surface area contributed by atoms with Crippen molar-refractivity contribution in [2.75, 3.05) is 0 Å². The van der Waals surface area contributed by atoms with Crippen LogP contribution < -0.4 is 0 Å². The summed E-state index contributed by atoms with van der Waals surface area (Å²) in [6.45, 7) is 17.3. The molecule has 4 aliphatic carbocycles. The molecule has 3 saturated carbocycles. The third-order valence-electron chi connectivity index (χ3n) is 12.4. The predicted octanol–water partition coefficient (Wildman–Crippen LogP) is 6.94. The second kappa shape index (κ2) is 9.54. The second-order valence-corrected chi connectivity index (χ2v) is 14.3. The van der Waals surface area contributed by atoms with E-state index in [-0.39, 0.29) is 45.8 Å². The van der Waals surface area contributed by atoms with E-state index in [9.17, 15) is 19.8 Å². The molecule has 37 heavy (non-hydrogen) atoms. The number of aliphatic hydroxyl groups is 1. The highest BCUT2D eigenvalue weighted by molar-refractivity contribution is 5.85. The summed E-state index contributed by atoms with van der Waals surface area (Å²) in [6.07, 6.45) is 11.8. The number of allylic oxidation sites excluding steroid dienone is 2. The van der Waals surface area contributed by atoms with Crippen LogP contribution in [-0.2, 0) is 14.3 Å². The molecule has 4 rings (SSSR count). The summed E-state index contributed by atoms with van der Waals surface area (Å²) in [4.78, 5) is 23.4. The molecule has 0 aromatic rings. The molecule has 9 atom stereocenters. The molecule has 0 saturated heterocycles. The first kappa shape index (κ1) is 28.4. The van der Waals surface area contributed by atoms with E-state index in [2.05, 4.69) is 47.6 Å². The smallest absolute Gasteiger partial charge is 0.330 e. The van der Waals surface area contributed by atoms with Gasteiger partial charge in [-0.25, -0.2) is 4.79 Å². The van der Waals surface area contributed by atoms with Crippen molar-refractivity contribution in [1.29, 1.82) is 0 Å². The van der Waals surface area contributed by atoms with E-state index in [0.717, 1.165) is 25.7 Å². The first-order chi connectivity index (χ1) is 17.1. The van der Waals surface area contributed by atoms with Crippen LogP contribution in [0.5, 0.6) is 0 Å². The highest BCUT2D eigenvalue weighted by atomic mass is 16.5. The minimum absolute atomic E-state index is 0.0635. The van der Waals surface area contributed by atoms with Crippen molar-refractivity contribution in [3.8, 4) is 0 Å². The topological polar surface area (TPSA) is 83.8 Å². The molecule has 5 nitrogen and oxygen atoms in total. The van der Waals surface area contributed by atoms with Gasteiger partial charge in [0.1, 0.15) is 6.10 Å². The summed E-state index contributed by atoms with van der Waals surface area (Å²) < 4.78 is 5.82. The number of hydrogen-bond donors (Lipinski definition) is 2. The van der Waals surface area contributed by atoms with Crippen LogP contribution in [-0.4, -0.2) is 34.4 Å². The molecular formula is C32H50O5. The van der Waals surface area contributed by atoms with Gasteiger partial charge in [-0.05, 0) is 97.2 Å². The maximum Gasteiger partial charge on any atom is 0.330 e. The maximum absolute atomic E-state index is 12.0. The van der Waals surface area contributed by atoms with E-state index in [1.165, 1.54) is 26.2 Å². The number of carbonyl (C=O) groups is 2. The lowest BCUT2D eigenvalue weighted by Crippen LogP contribution is -2.57. The molecule has 0 aromatic heterocycles. The van der Waals surface area contributed by atoms with Crippen LogP contribution in [0, 0.1) is 45.3 Å². The summed E-state index contributed by atoms with van der Waals surface area (Å²) in [5.74, 6) is 0.364. The van der Waals surface area contributed by atoms with Gasteiger partial charge in [-0.2, -0.15) is 0 Å². The average molecular weight is 515 g/mol. The molecular weight excluding hydrogens is 464 g/mol. The number of ether oxygens (including phenoxy) is 1. The Morgan fingerprint density at radius 3 is 2.35 bits per heavy atom. The van der Waals surface area contributed by atoms with Crippen LogP contribution >= 0.6 is 0 Å². The number of fused-ring (bicyclic) bond motifs is 5. The molecule has 0 heterocycles. The first-order valence-electron chi connectivity index (χ1n) is 14.6. The van der Waals surface area contributed by atoms with Crippen molar-refractivity contribution >= 4 is 11.9 Å². The Bertz CT molecular complexity index is 993. The highest BCUT2D eigenvalue weighted by Gasteiger charge is 2.65. The number of aliphatic carboxylic acids is 1. The van der Waals surface area contributed by atoms with Crippen LogP contribution in [0.3, 0.4) is 0 Å². The Morgan fingerprint density at radius 1 is 1.05 bits per heavy atom. The monoisotopic (exact) mass is 514 g/mol. The summed E-state index contributed by atoms with van der Waals surface area (Å²) in [5.41, 5.74) is 2.32. The molecule has 0 aliphatic heterocycles. The zero-order valence-corrected chi connectivity index (χ0v) is 24.4. The molecule has 3 fully saturated rings. The fraction of sp³-hybridized carbons (Fsp3) is 0.812. The third kappa shape index (κ3) is 4.32. The molecule has 0 bridgehead atoms. The fourth-order valence-corrected chi connectivity index (χ4v) is 9.82. The van der Waals surface area contributed by atoms with Crippen molar-refractivity contribution in [3.05, 3.63) is 23.3 Å². The first-order valence-corrected chi connectivity index (χ1v) is 14.6. The number of rotatable bonds is 6. The van der Waals surface area contributed by atoms with E-state index < -0.39 is 5.97 Å². The van der Waals surface area contributed by atoms with E-state index in [0.29, 0.717) is 29.7 Å². The van der Waals surface area contributed by atoms with Gasteiger partial charge in [-0.3, -0.25) is 4.79 Å². The van der Waals surface area contributed by atoms with Crippen molar-refractivity contribution < 1.29 is 24.5 Å². The van der Waals surface area contributed by atoms with Gasteiger partial charge in [0.2, 0.25) is 0 Å². The standard InChI is InChI=1S/C32H50O5/c1-19(28(35)36)9-11-25(37-21(3)33)20(2)22-13-17-32(8)24-10-12-26-29(4,5)27(34)15-16-30(26,6)23(24)14-18-31(22,32)7/h9,14,20,22,24-27,34H,10-13,15-18H2,1-8H3,(H,35,36). The Labute approximate surface area is 224 Å². The molecule has 2 N–H and O–H groups in total. The quantitative estimate of drug-likeness (QED) is 0.228. The largest absolute Gasteiger partial charge is 0.478 e. The number of esters is 1. The summed E-state index contributed by atoms with van der Waals surface area (Å²) in [7, 11) is 0. The van der Waals surface area contributed by atoms with E-state index in [4.69, 9.17) is 4.74 Å². The SMILES string of the molecule is CC(=O)OC(CC=C(C)C(=O)O)C(C)C1CCC2(C)C3CCC4C(C)(CCC(O)C4(C)C)C3=CCC12C. The molecule has 0 radical (unpaired) electrons. The highest BCUT2D eigenvalue weighted by Crippen LogP contribution is 2.73. The second-order valence-electron chi connectivity index (χ2n) is 14.3. The molecule has 0 spiro atoms. The van der Waals surface area contributed by atoms with Crippen LogP contribution in [0.15, 0.2) is 23.3 Å². The number of carbonyl (C=O) groups excluding carboxylic acids is 1. The number of aliphatic hydroxyl groups excluding tert-OH is 1. The van der Waals surface area contributed by atoms with Crippen molar-refractivity contribution in [2.24, 2.45) is 45.3 Å². The van der Waals surface area contributed by atoms with Gasteiger partial charge < -0.3 is 14.9 Å². The lowest BCUT2D eigenvalue weighted by atomic mass is 9.41. The Morgan fingerprint density at radius 2 is 1.73 bits per heavy atom. The normalized spacial score (nSPS) is 42.5. The fourth-order valence-electron chi connectivity index (χ4n) is 9.82. The lowest BCUT2D eigenvalue weighted by molar-refractivity contribution is -0.152. The molecule has 0 amide bonds. The third-order valence-corrected chi connectivity index (χ3v) is 12.4. The Hall–Kier alpha value is -1.62. The zero-order chi connectivity index (χ0) is 27.6. The summed E-state index contributed by atoms with van der Waals surface area (Å²) in [5, 5.41) is 20.2. The van der Waals surface area contributed by atoms with E-state index in [1.54, 1.807) is 18.6 Å². The van der Waals surface area contributed by atoms with Crippen molar-refractivity contribution in [1.82, 2.24) is 0 Å². The number of carboxylic acid groups (broad SMARTS) is 1. The molecule has 0 aromatic carbocycles.